The Bertz CT molecular complexity index is 137. The zero-order chi connectivity index (χ0) is 10.2. The number of rotatable bonds is 6. The molecule has 1 heterocycles. The van der Waals surface area contributed by atoms with Crippen molar-refractivity contribution in [2.24, 2.45) is 5.92 Å². The molecule has 84 valence electrons. The first-order valence-electron chi connectivity index (χ1n) is 5.26. The van der Waals surface area contributed by atoms with Crippen LogP contribution in [0.15, 0.2) is 0 Å². The molecule has 4 heteroatoms. The van der Waals surface area contributed by atoms with Crippen LogP contribution in [0.1, 0.15) is 6.42 Å². The molecule has 1 aliphatic heterocycles. The zero-order valence-electron chi connectivity index (χ0n) is 8.95. The molecule has 0 aliphatic carbocycles. The van der Waals surface area contributed by atoms with Crippen LogP contribution in [0.3, 0.4) is 0 Å². The van der Waals surface area contributed by atoms with Gasteiger partial charge in [0.2, 0.25) is 0 Å². The second kappa shape index (κ2) is 7.17. The Morgan fingerprint density at radius 3 is 2.71 bits per heavy atom. The van der Waals surface area contributed by atoms with Crippen molar-refractivity contribution in [1.29, 1.82) is 0 Å². The molecule has 1 aliphatic rings. The molecule has 0 saturated carbocycles. The van der Waals surface area contributed by atoms with Gasteiger partial charge in [0.05, 0.1) is 13.2 Å². The molecule has 0 aromatic rings. The van der Waals surface area contributed by atoms with Crippen molar-refractivity contribution in [3.05, 3.63) is 0 Å². The van der Waals surface area contributed by atoms with Gasteiger partial charge in [-0.3, -0.25) is 4.90 Å². The highest BCUT2D eigenvalue weighted by Gasteiger charge is 2.15. The third kappa shape index (κ3) is 4.37. The number of methoxy groups -OCH3 is 1. The van der Waals surface area contributed by atoms with E-state index in [0.717, 1.165) is 45.9 Å². The molecule has 0 amide bonds. The average Bonchev–Trinajstić information content (AvgIpc) is 2.25. The van der Waals surface area contributed by atoms with Crippen LogP contribution in [0.4, 0.5) is 0 Å². The van der Waals surface area contributed by atoms with Crippen molar-refractivity contribution in [1.82, 2.24) is 4.90 Å². The molecule has 1 unspecified atom stereocenters. The summed E-state index contributed by atoms with van der Waals surface area (Å²) >= 11 is 0. The van der Waals surface area contributed by atoms with Crippen LogP contribution in [0.5, 0.6) is 0 Å². The Morgan fingerprint density at radius 2 is 2.14 bits per heavy atom. The predicted octanol–water partition coefficient (Wildman–Crippen LogP) is -0.0364. The van der Waals surface area contributed by atoms with Gasteiger partial charge in [-0.25, -0.2) is 0 Å². The average molecular weight is 203 g/mol. The minimum absolute atomic E-state index is 0.251. The van der Waals surface area contributed by atoms with E-state index in [4.69, 9.17) is 14.6 Å². The minimum atomic E-state index is 0.251. The van der Waals surface area contributed by atoms with Crippen molar-refractivity contribution < 1.29 is 14.6 Å². The molecule has 1 fully saturated rings. The van der Waals surface area contributed by atoms with Crippen LogP contribution in [0.25, 0.3) is 0 Å². The summed E-state index contributed by atoms with van der Waals surface area (Å²) in [6.07, 6.45) is 0.935. The van der Waals surface area contributed by atoms with Crippen LogP contribution in [-0.2, 0) is 9.47 Å². The molecule has 14 heavy (non-hydrogen) atoms. The van der Waals surface area contributed by atoms with Crippen LogP contribution in [0, 0.1) is 5.92 Å². The summed E-state index contributed by atoms with van der Waals surface area (Å²) in [6, 6.07) is 0. The summed E-state index contributed by atoms with van der Waals surface area (Å²) in [5, 5.41) is 9.17. The third-order valence-electron chi connectivity index (χ3n) is 2.61. The van der Waals surface area contributed by atoms with E-state index >= 15 is 0 Å². The largest absolute Gasteiger partial charge is 0.396 e. The number of hydrogen-bond acceptors (Lipinski definition) is 4. The fraction of sp³-hybridized carbons (Fsp3) is 1.00. The molecule has 1 saturated heterocycles. The Balaban J connectivity index is 2.16. The second-order valence-corrected chi connectivity index (χ2v) is 3.74. The molecule has 1 rings (SSSR count). The standard InChI is InChI=1S/C10H21NO3/c1-13-5-2-10(9-12)8-11-3-6-14-7-4-11/h10,12H,2-9H2,1H3. The number of aliphatic hydroxyl groups excluding tert-OH is 1. The molecule has 0 spiro atoms. The summed E-state index contributed by atoms with van der Waals surface area (Å²) in [5.41, 5.74) is 0. The van der Waals surface area contributed by atoms with Gasteiger partial charge in [0.25, 0.3) is 0 Å². The predicted molar refractivity (Wildman–Crippen MR) is 54.3 cm³/mol. The van der Waals surface area contributed by atoms with Gasteiger partial charge in [0, 0.05) is 40.0 Å². The molecule has 0 aromatic carbocycles. The van der Waals surface area contributed by atoms with Gasteiger partial charge in [0.15, 0.2) is 0 Å². The zero-order valence-corrected chi connectivity index (χ0v) is 8.95. The summed E-state index contributed by atoms with van der Waals surface area (Å²) in [6.45, 7) is 5.57. The highest BCUT2D eigenvalue weighted by molar-refractivity contribution is 4.67. The monoisotopic (exact) mass is 203 g/mol. The lowest BCUT2D eigenvalue weighted by Crippen LogP contribution is -2.40. The molecule has 0 aromatic heterocycles. The number of morpholine rings is 1. The van der Waals surface area contributed by atoms with E-state index in [2.05, 4.69) is 4.90 Å². The summed E-state index contributed by atoms with van der Waals surface area (Å²) in [4.78, 5) is 2.35. The maximum atomic E-state index is 9.17. The maximum absolute atomic E-state index is 9.17. The fourth-order valence-corrected chi connectivity index (χ4v) is 1.67. The van der Waals surface area contributed by atoms with Crippen molar-refractivity contribution in [3.63, 3.8) is 0 Å². The van der Waals surface area contributed by atoms with Crippen LogP contribution < -0.4 is 0 Å². The van der Waals surface area contributed by atoms with Crippen LogP contribution >= 0.6 is 0 Å². The van der Waals surface area contributed by atoms with E-state index in [1.165, 1.54) is 0 Å². The van der Waals surface area contributed by atoms with Crippen molar-refractivity contribution in [2.45, 2.75) is 6.42 Å². The quantitative estimate of drug-likeness (QED) is 0.658. The topological polar surface area (TPSA) is 41.9 Å². The number of aliphatic hydroxyl groups is 1. The van der Waals surface area contributed by atoms with Crippen molar-refractivity contribution >= 4 is 0 Å². The van der Waals surface area contributed by atoms with E-state index < -0.39 is 0 Å². The Morgan fingerprint density at radius 1 is 1.43 bits per heavy atom. The fourth-order valence-electron chi connectivity index (χ4n) is 1.67. The number of ether oxygens (including phenoxy) is 2. The maximum Gasteiger partial charge on any atom is 0.0594 e. The van der Waals surface area contributed by atoms with E-state index in [1.54, 1.807) is 7.11 Å². The second-order valence-electron chi connectivity index (χ2n) is 3.74. The lowest BCUT2D eigenvalue weighted by molar-refractivity contribution is 0.0218. The highest BCUT2D eigenvalue weighted by Crippen LogP contribution is 2.07. The summed E-state index contributed by atoms with van der Waals surface area (Å²) < 4.78 is 10.3. The summed E-state index contributed by atoms with van der Waals surface area (Å²) in [5.74, 6) is 0.341. The van der Waals surface area contributed by atoms with Gasteiger partial charge < -0.3 is 14.6 Å². The SMILES string of the molecule is COCCC(CO)CN1CCOCC1. The van der Waals surface area contributed by atoms with Crippen LogP contribution in [-0.4, -0.2) is 63.2 Å². The molecule has 1 atom stereocenters. The van der Waals surface area contributed by atoms with Gasteiger partial charge in [-0.2, -0.15) is 0 Å². The Labute approximate surface area is 85.8 Å². The smallest absolute Gasteiger partial charge is 0.0594 e. The molecule has 4 nitrogen and oxygen atoms in total. The summed E-state index contributed by atoms with van der Waals surface area (Å²) in [7, 11) is 1.70. The molecular weight excluding hydrogens is 182 g/mol. The molecule has 1 N–H and O–H groups in total. The van der Waals surface area contributed by atoms with Gasteiger partial charge in [-0.1, -0.05) is 0 Å². The van der Waals surface area contributed by atoms with Crippen LogP contribution in [0.2, 0.25) is 0 Å². The molecule has 0 radical (unpaired) electrons. The first-order valence-corrected chi connectivity index (χ1v) is 5.26. The lowest BCUT2D eigenvalue weighted by Gasteiger charge is -2.29. The Hall–Kier alpha value is -0.160. The van der Waals surface area contributed by atoms with Crippen molar-refractivity contribution in [3.8, 4) is 0 Å². The first kappa shape index (κ1) is 11.9. The molecular formula is C10H21NO3. The van der Waals surface area contributed by atoms with Gasteiger partial charge >= 0.3 is 0 Å². The normalized spacial score (nSPS) is 21.0. The number of nitrogens with zero attached hydrogens (tertiary/aromatic N) is 1. The van der Waals surface area contributed by atoms with Gasteiger partial charge in [-0.05, 0) is 12.3 Å². The molecule has 0 bridgehead atoms. The third-order valence-corrected chi connectivity index (χ3v) is 2.61. The van der Waals surface area contributed by atoms with Gasteiger partial charge in [0.1, 0.15) is 0 Å². The van der Waals surface area contributed by atoms with E-state index in [-0.39, 0.29) is 6.61 Å². The first-order chi connectivity index (χ1) is 6.86. The van der Waals surface area contributed by atoms with E-state index in [9.17, 15) is 0 Å². The lowest BCUT2D eigenvalue weighted by atomic mass is 10.1. The van der Waals surface area contributed by atoms with Gasteiger partial charge in [-0.15, -0.1) is 0 Å². The van der Waals surface area contributed by atoms with E-state index in [1.807, 2.05) is 0 Å². The number of hydrogen-bond donors (Lipinski definition) is 1. The minimum Gasteiger partial charge on any atom is -0.396 e. The highest BCUT2D eigenvalue weighted by atomic mass is 16.5. The Kier molecular flexibility index (Phi) is 6.10. The van der Waals surface area contributed by atoms with Crippen molar-refractivity contribution in [2.75, 3.05) is 53.2 Å². The van der Waals surface area contributed by atoms with E-state index in [0.29, 0.717) is 5.92 Å².